The first kappa shape index (κ1) is 15.2. The molecular formula is C14H19NO4S. The molecule has 0 aliphatic carbocycles. The molecule has 2 unspecified atom stereocenters. The minimum absolute atomic E-state index is 0.182. The van der Waals surface area contributed by atoms with Crippen LogP contribution in [0, 0.1) is 0 Å². The fraction of sp³-hybridized carbons (Fsp3) is 0.429. The van der Waals surface area contributed by atoms with Crippen molar-refractivity contribution in [2.24, 2.45) is 0 Å². The fourth-order valence-electron chi connectivity index (χ4n) is 2.13. The molecule has 2 rings (SSSR count). The Hall–Kier alpha value is -1.21. The Bertz CT molecular complexity index is 556. The molecule has 1 N–H and O–H groups in total. The Kier molecular flexibility index (Phi) is 4.93. The maximum absolute atomic E-state index is 12.3. The van der Waals surface area contributed by atoms with Gasteiger partial charge in [-0.3, -0.25) is 0 Å². The molecule has 1 aliphatic rings. The number of ether oxygens (including phenoxy) is 1. The van der Waals surface area contributed by atoms with Crippen molar-refractivity contribution in [3.8, 4) is 0 Å². The summed E-state index contributed by atoms with van der Waals surface area (Å²) in [6.45, 7) is 2.10. The maximum atomic E-state index is 12.3. The van der Waals surface area contributed by atoms with E-state index >= 15 is 0 Å². The van der Waals surface area contributed by atoms with Crippen LogP contribution < -0.4 is 0 Å². The molecule has 1 fully saturated rings. The van der Waals surface area contributed by atoms with E-state index in [1.807, 2.05) is 30.3 Å². The maximum Gasteiger partial charge on any atom is 0.236 e. The number of hydrogen-bond donors (Lipinski definition) is 1. The van der Waals surface area contributed by atoms with E-state index in [0.717, 1.165) is 5.56 Å². The SMILES string of the molecule is CC1CN(S(=O)(=O)/C=C/c2ccccc2)CC(CO)O1. The van der Waals surface area contributed by atoms with E-state index in [-0.39, 0.29) is 19.3 Å². The predicted molar refractivity (Wildman–Crippen MR) is 77.4 cm³/mol. The molecule has 1 saturated heterocycles. The Morgan fingerprint density at radius 2 is 2.05 bits per heavy atom. The van der Waals surface area contributed by atoms with Gasteiger partial charge in [0.1, 0.15) is 0 Å². The zero-order valence-electron chi connectivity index (χ0n) is 11.3. The number of aliphatic hydroxyl groups excluding tert-OH is 1. The number of nitrogens with zero attached hydrogens (tertiary/aromatic N) is 1. The Morgan fingerprint density at radius 1 is 1.35 bits per heavy atom. The highest BCUT2D eigenvalue weighted by Crippen LogP contribution is 2.16. The molecule has 1 heterocycles. The van der Waals surface area contributed by atoms with Gasteiger partial charge in [0.2, 0.25) is 10.0 Å². The van der Waals surface area contributed by atoms with Crippen molar-refractivity contribution in [1.82, 2.24) is 4.31 Å². The van der Waals surface area contributed by atoms with Crippen molar-refractivity contribution in [2.75, 3.05) is 19.7 Å². The van der Waals surface area contributed by atoms with Crippen molar-refractivity contribution in [1.29, 1.82) is 0 Å². The molecule has 0 bridgehead atoms. The molecule has 1 aromatic rings. The van der Waals surface area contributed by atoms with Crippen molar-refractivity contribution < 1.29 is 18.3 Å². The van der Waals surface area contributed by atoms with Crippen LogP contribution in [0.5, 0.6) is 0 Å². The topological polar surface area (TPSA) is 66.8 Å². The summed E-state index contributed by atoms with van der Waals surface area (Å²) in [4.78, 5) is 0. The van der Waals surface area contributed by atoms with E-state index in [0.29, 0.717) is 6.54 Å². The summed E-state index contributed by atoms with van der Waals surface area (Å²) in [5.74, 6) is 0. The van der Waals surface area contributed by atoms with Gasteiger partial charge in [0.15, 0.2) is 0 Å². The summed E-state index contributed by atoms with van der Waals surface area (Å²) in [5.41, 5.74) is 0.830. The van der Waals surface area contributed by atoms with Crippen molar-refractivity contribution in [3.05, 3.63) is 41.3 Å². The predicted octanol–water partition coefficient (Wildman–Crippen LogP) is 1.07. The zero-order chi connectivity index (χ0) is 14.6. The van der Waals surface area contributed by atoms with Gasteiger partial charge < -0.3 is 9.84 Å². The van der Waals surface area contributed by atoms with Crippen molar-refractivity contribution >= 4 is 16.1 Å². The van der Waals surface area contributed by atoms with Crippen molar-refractivity contribution in [3.63, 3.8) is 0 Å². The number of aliphatic hydroxyl groups is 1. The first-order valence-corrected chi connectivity index (χ1v) is 8.01. The van der Waals surface area contributed by atoms with Gasteiger partial charge in [-0.1, -0.05) is 30.3 Å². The first-order valence-electron chi connectivity index (χ1n) is 6.51. The Morgan fingerprint density at radius 3 is 2.70 bits per heavy atom. The minimum Gasteiger partial charge on any atom is -0.394 e. The molecule has 0 amide bonds. The van der Waals surface area contributed by atoms with Gasteiger partial charge >= 0.3 is 0 Å². The van der Waals surface area contributed by atoms with Crippen LogP contribution in [0.2, 0.25) is 0 Å². The van der Waals surface area contributed by atoms with Gasteiger partial charge in [0.05, 0.1) is 18.8 Å². The van der Waals surface area contributed by atoms with E-state index in [1.165, 1.54) is 9.71 Å². The lowest BCUT2D eigenvalue weighted by atomic mass is 10.2. The van der Waals surface area contributed by atoms with Crippen LogP contribution >= 0.6 is 0 Å². The van der Waals surface area contributed by atoms with E-state index in [4.69, 9.17) is 9.84 Å². The van der Waals surface area contributed by atoms with Crippen LogP contribution in [-0.2, 0) is 14.8 Å². The number of morpholine rings is 1. The van der Waals surface area contributed by atoms with Crippen LogP contribution in [0.15, 0.2) is 35.7 Å². The molecule has 20 heavy (non-hydrogen) atoms. The van der Waals surface area contributed by atoms with E-state index in [1.54, 1.807) is 13.0 Å². The van der Waals surface area contributed by atoms with Gasteiger partial charge in [0, 0.05) is 18.5 Å². The molecule has 0 saturated carbocycles. The van der Waals surface area contributed by atoms with Crippen LogP contribution in [0.3, 0.4) is 0 Å². The summed E-state index contributed by atoms with van der Waals surface area (Å²) in [6.07, 6.45) is 0.892. The third-order valence-corrected chi connectivity index (χ3v) is 4.59. The molecule has 0 spiro atoms. The third kappa shape index (κ3) is 3.89. The largest absolute Gasteiger partial charge is 0.394 e. The highest BCUT2D eigenvalue weighted by Gasteiger charge is 2.31. The highest BCUT2D eigenvalue weighted by molar-refractivity contribution is 7.92. The van der Waals surface area contributed by atoms with E-state index in [2.05, 4.69) is 0 Å². The van der Waals surface area contributed by atoms with Gasteiger partial charge in [-0.05, 0) is 18.6 Å². The first-order chi connectivity index (χ1) is 9.51. The minimum atomic E-state index is -3.50. The van der Waals surface area contributed by atoms with Crippen LogP contribution in [0.1, 0.15) is 12.5 Å². The molecule has 0 radical (unpaired) electrons. The molecule has 5 nitrogen and oxygen atoms in total. The summed E-state index contributed by atoms with van der Waals surface area (Å²) in [7, 11) is -3.50. The lowest BCUT2D eigenvalue weighted by molar-refractivity contribution is -0.0747. The van der Waals surface area contributed by atoms with Crippen LogP contribution in [0.4, 0.5) is 0 Å². The molecular weight excluding hydrogens is 278 g/mol. The second kappa shape index (κ2) is 6.49. The molecule has 0 aromatic heterocycles. The van der Waals surface area contributed by atoms with E-state index < -0.39 is 16.1 Å². The van der Waals surface area contributed by atoms with Gasteiger partial charge in [0.25, 0.3) is 0 Å². The second-order valence-electron chi connectivity index (χ2n) is 4.83. The lowest BCUT2D eigenvalue weighted by Gasteiger charge is -2.34. The third-order valence-electron chi connectivity index (χ3n) is 3.09. The molecule has 2 atom stereocenters. The summed E-state index contributed by atoms with van der Waals surface area (Å²) < 4.78 is 31.3. The summed E-state index contributed by atoms with van der Waals surface area (Å²) in [6, 6.07) is 9.26. The average molecular weight is 297 g/mol. The van der Waals surface area contributed by atoms with Gasteiger partial charge in [-0.25, -0.2) is 8.42 Å². The monoisotopic (exact) mass is 297 g/mol. The number of sulfonamides is 1. The normalized spacial score (nSPS) is 25.1. The zero-order valence-corrected chi connectivity index (χ0v) is 12.2. The average Bonchev–Trinajstić information content (AvgIpc) is 2.45. The quantitative estimate of drug-likeness (QED) is 0.902. The van der Waals surface area contributed by atoms with Gasteiger partial charge in [-0.15, -0.1) is 0 Å². The smallest absolute Gasteiger partial charge is 0.236 e. The summed E-state index contributed by atoms with van der Waals surface area (Å²) in [5, 5.41) is 10.3. The number of rotatable bonds is 4. The lowest BCUT2D eigenvalue weighted by Crippen LogP contribution is -2.49. The molecule has 1 aromatic carbocycles. The Labute approximate surface area is 119 Å². The number of hydrogen-bond acceptors (Lipinski definition) is 4. The van der Waals surface area contributed by atoms with Crippen molar-refractivity contribution in [2.45, 2.75) is 19.1 Å². The standard InChI is InChI=1S/C14H19NO4S/c1-12-9-15(10-14(11-16)19-12)20(17,18)8-7-13-5-3-2-4-6-13/h2-8,12,14,16H,9-11H2,1H3/b8-7+. The van der Waals surface area contributed by atoms with Crippen LogP contribution in [-0.4, -0.2) is 49.7 Å². The second-order valence-corrected chi connectivity index (χ2v) is 6.65. The summed E-state index contributed by atoms with van der Waals surface area (Å²) >= 11 is 0. The van der Waals surface area contributed by atoms with E-state index in [9.17, 15) is 8.42 Å². The highest BCUT2D eigenvalue weighted by atomic mass is 32.2. The Balaban J connectivity index is 2.12. The van der Waals surface area contributed by atoms with Gasteiger partial charge in [-0.2, -0.15) is 4.31 Å². The molecule has 1 aliphatic heterocycles. The van der Waals surface area contributed by atoms with Crippen LogP contribution in [0.25, 0.3) is 6.08 Å². The number of benzene rings is 1. The fourth-order valence-corrected chi connectivity index (χ4v) is 3.42. The molecule has 110 valence electrons. The molecule has 6 heteroatoms.